The van der Waals surface area contributed by atoms with Crippen LogP contribution in [0.15, 0.2) is 36.4 Å². The summed E-state index contributed by atoms with van der Waals surface area (Å²) in [6, 6.07) is 11.1. The van der Waals surface area contributed by atoms with Gasteiger partial charge in [0.15, 0.2) is 24.2 Å². The minimum absolute atomic E-state index is 0.264. The predicted molar refractivity (Wildman–Crippen MR) is 108 cm³/mol. The molecular formula is C22H27NO6. The Bertz CT molecular complexity index is 844. The normalized spacial score (nSPS) is 11.3. The number of hydrogen-bond donors (Lipinski definition) is 1. The number of carbonyl (C=O) groups excluding carboxylic acids is 2. The van der Waals surface area contributed by atoms with Gasteiger partial charge in [-0.05, 0) is 49.6 Å². The number of carbonyl (C=O) groups is 2. The Balaban J connectivity index is 1.83. The predicted octanol–water partition coefficient (Wildman–Crippen LogP) is 2.95. The minimum atomic E-state index is -0.941. The Morgan fingerprint density at radius 3 is 2.28 bits per heavy atom. The van der Waals surface area contributed by atoms with Gasteiger partial charge in [-0.3, -0.25) is 4.79 Å². The van der Waals surface area contributed by atoms with Crippen LogP contribution in [0.4, 0.5) is 0 Å². The van der Waals surface area contributed by atoms with Gasteiger partial charge in [0, 0.05) is 6.54 Å². The van der Waals surface area contributed by atoms with Crippen molar-refractivity contribution in [2.45, 2.75) is 33.4 Å². The largest absolute Gasteiger partial charge is 0.493 e. The van der Waals surface area contributed by atoms with Gasteiger partial charge in [-0.2, -0.15) is 0 Å². The van der Waals surface area contributed by atoms with Crippen LogP contribution < -0.4 is 19.5 Å². The molecule has 0 saturated heterocycles. The van der Waals surface area contributed by atoms with Gasteiger partial charge in [-0.25, -0.2) is 4.79 Å². The van der Waals surface area contributed by atoms with E-state index in [4.69, 9.17) is 18.9 Å². The Hall–Kier alpha value is -3.22. The van der Waals surface area contributed by atoms with Crippen molar-refractivity contribution in [2.75, 3.05) is 20.8 Å². The molecule has 0 saturated carbocycles. The second kappa shape index (κ2) is 10.4. The zero-order valence-electron chi connectivity index (χ0n) is 17.4. The summed E-state index contributed by atoms with van der Waals surface area (Å²) in [5.41, 5.74) is 2.69. The van der Waals surface area contributed by atoms with Crippen molar-refractivity contribution in [3.8, 4) is 17.2 Å². The fraction of sp³-hybridized carbons (Fsp3) is 0.364. The van der Waals surface area contributed by atoms with Gasteiger partial charge in [0.2, 0.25) is 0 Å². The molecule has 7 heteroatoms. The first-order valence-corrected chi connectivity index (χ1v) is 9.22. The molecule has 0 fully saturated rings. The summed E-state index contributed by atoms with van der Waals surface area (Å²) in [6.07, 6.45) is -0.941. The topological polar surface area (TPSA) is 83.1 Å². The average Bonchev–Trinajstić information content (AvgIpc) is 2.71. The quantitative estimate of drug-likeness (QED) is 0.651. The molecule has 2 aromatic carbocycles. The van der Waals surface area contributed by atoms with Crippen molar-refractivity contribution in [1.29, 1.82) is 0 Å². The van der Waals surface area contributed by atoms with Crippen LogP contribution in [0.2, 0.25) is 0 Å². The van der Waals surface area contributed by atoms with E-state index in [0.29, 0.717) is 17.2 Å². The molecule has 1 N–H and O–H groups in total. The first-order valence-electron chi connectivity index (χ1n) is 9.22. The van der Waals surface area contributed by atoms with Crippen LogP contribution in [0.3, 0.4) is 0 Å². The van der Waals surface area contributed by atoms with E-state index in [0.717, 1.165) is 16.7 Å². The zero-order chi connectivity index (χ0) is 21.4. The number of amides is 1. The molecule has 2 rings (SSSR count). The highest BCUT2D eigenvalue weighted by Crippen LogP contribution is 2.27. The SMILES string of the molecule is COc1ccc(CNC(=O)[C@@H](C)OC(=O)COc2c(C)cccc2C)cc1OC. The third-order valence-corrected chi connectivity index (χ3v) is 4.34. The molecule has 1 amide bonds. The molecule has 0 bridgehead atoms. The smallest absolute Gasteiger partial charge is 0.344 e. The summed E-state index contributed by atoms with van der Waals surface area (Å²) in [7, 11) is 3.10. The molecule has 156 valence electrons. The van der Waals surface area contributed by atoms with Crippen LogP contribution in [0.25, 0.3) is 0 Å². The van der Waals surface area contributed by atoms with Crippen molar-refractivity contribution in [1.82, 2.24) is 5.32 Å². The lowest BCUT2D eigenvalue weighted by atomic mass is 10.1. The molecule has 0 spiro atoms. The number of benzene rings is 2. The van der Waals surface area contributed by atoms with Crippen molar-refractivity contribution in [3.05, 3.63) is 53.1 Å². The van der Waals surface area contributed by atoms with E-state index in [1.165, 1.54) is 6.92 Å². The Kier molecular flexibility index (Phi) is 7.88. The molecule has 0 radical (unpaired) electrons. The molecule has 1 atom stereocenters. The molecule has 0 heterocycles. The molecule has 0 aromatic heterocycles. The number of aryl methyl sites for hydroxylation is 2. The van der Waals surface area contributed by atoms with E-state index in [1.54, 1.807) is 26.4 Å². The molecular weight excluding hydrogens is 374 g/mol. The first-order chi connectivity index (χ1) is 13.8. The molecule has 29 heavy (non-hydrogen) atoms. The zero-order valence-corrected chi connectivity index (χ0v) is 17.4. The third-order valence-electron chi connectivity index (χ3n) is 4.34. The van der Waals surface area contributed by atoms with Gasteiger partial charge < -0.3 is 24.3 Å². The molecule has 0 aliphatic rings. The lowest BCUT2D eigenvalue weighted by Gasteiger charge is -2.15. The van der Waals surface area contributed by atoms with Crippen molar-refractivity contribution >= 4 is 11.9 Å². The van der Waals surface area contributed by atoms with Crippen molar-refractivity contribution in [2.24, 2.45) is 0 Å². The van der Waals surface area contributed by atoms with Crippen LogP contribution >= 0.6 is 0 Å². The summed E-state index contributed by atoms with van der Waals surface area (Å²) in [5, 5.41) is 2.73. The van der Waals surface area contributed by atoms with Crippen LogP contribution in [0.5, 0.6) is 17.2 Å². The van der Waals surface area contributed by atoms with Crippen LogP contribution in [0.1, 0.15) is 23.6 Å². The third kappa shape index (κ3) is 6.14. The summed E-state index contributed by atoms with van der Waals surface area (Å²) in [6.45, 7) is 5.32. The Labute approximate surface area is 170 Å². The maximum Gasteiger partial charge on any atom is 0.344 e. The van der Waals surface area contributed by atoms with Crippen LogP contribution in [-0.4, -0.2) is 38.8 Å². The maximum atomic E-state index is 12.2. The van der Waals surface area contributed by atoms with Crippen molar-refractivity contribution in [3.63, 3.8) is 0 Å². The number of esters is 1. The fourth-order valence-corrected chi connectivity index (χ4v) is 2.77. The minimum Gasteiger partial charge on any atom is -0.493 e. The van der Waals surface area contributed by atoms with Crippen LogP contribution in [-0.2, 0) is 20.9 Å². The summed E-state index contributed by atoms with van der Waals surface area (Å²) >= 11 is 0. The van der Waals surface area contributed by atoms with Gasteiger partial charge >= 0.3 is 5.97 Å². The molecule has 0 unspecified atom stereocenters. The molecule has 0 aliphatic heterocycles. The van der Waals surface area contributed by atoms with Gasteiger partial charge in [0.25, 0.3) is 5.91 Å². The van der Waals surface area contributed by atoms with E-state index in [1.807, 2.05) is 38.1 Å². The van der Waals surface area contributed by atoms with Gasteiger partial charge in [0.1, 0.15) is 5.75 Å². The second-order valence-corrected chi connectivity index (χ2v) is 6.55. The number of hydrogen-bond acceptors (Lipinski definition) is 6. The summed E-state index contributed by atoms with van der Waals surface area (Å²) in [4.78, 5) is 24.3. The molecule has 7 nitrogen and oxygen atoms in total. The number of para-hydroxylation sites is 1. The highest BCUT2D eigenvalue weighted by molar-refractivity contribution is 5.83. The van der Waals surface area contributed by atoms with E-state index in [2.05, 4.69) is 5.32 Å². The number of rotatable bonds is 9. The lowest BCUT2D eigenvalue weighted by molar-refractivity contribution is -0.156. The monoisotopic (exact) mass is 401 g/mol. The lowest BCUT2D eigenvalue weighted by Crippen LogP contribution is -2.36. The second-order valence-electron chi connectivity index (χ2n) is 6.55. The summed E-state index contributed by atoms with van der Waals surface area (Å²) in [5.74, 6) is 0.813. The first kappa shape index (κ1) is 22.1. The molecule has 0 aliphatic carbocycles. The number of ether oxygens (including phenoxy) is 4. The van der Waals surface area contributed by atoms with E-state index < -0.39 is 18.0 Å². The highest BCUT2D eigenvalue weighted by atomic mass is 16.6. The highest BCUT2D eigenvalue weighted by Gasteiger charge is 2.18. The van der Waals surface area contributed by atoms with Crippen LogP contribution in [0, 0.1) is 13.8 Å². The Morgan fingerprint density at radius 2 is 1.66 bits per heavy atom. The maximum absolute atomic E-state index is 12.2. The van der Waals surface area contributed by atoms with E-state index in [-0.39, 0.29) is 13.2 Å². The summed E-state index contributed by atoms with van der Waals surface area (Å²) < 4.78 is 21.1. The fourth-order valence-electron chi connectivity index (χ4n) is 2.77. The van der Waals surface area contributed by atoms with Gasteiger partial charge in [-0.15, -0.1) is 0 Å². The standard InChI is InChI=1S/C22H27NO6/c1-14-7-6-8-15(2)21(14)28-13-20(24)29-16(3)22(25)23-12-17-9-10-18(26-4)19(11-17)27-5/h6-11,16H,12-13H2,1-5H3,(H,23,25)/t16-/m1/s1. The van der Waals surface area contributed by atoms with Gasteiger partial charge in [-0.1, -0.05) is 24.3 Å². The number of nitrogens with one attached hydrogen (secondary N) is 1. The number of methoxy groups -OCH3 is 2. The van der Waals surface area contributed by atoms with Crippen molar-refractivity contribution < 1.29 is 28.5 Å². The Morgan fingerprint density at radius 1 is 1.00 bits per heavy atom. The van der Waals surface area contributed by atoms with E-state index in [9.17, 15) is 9.59 Å². The molecule has 2 aromatic rings. The van der Waals surface area contributed by atoms with Gasteiger partial charge in [0.05, 0.1) is 14.2 Å². The van der Waals surface area contributed by atoms with E-state index >= 15 is 0 Å². The average molecular weight is 401 g/mol.